The van der Waals surface area contributed by atoms with Crippen molar-refractivity contribution in [2.45, 2.75) is 26.2 Å². The van der Waals surface area contributed by atoms with Gasteiger partial charge in [0, 0.05) is 27.5 Å². The molecule has 2 nitrogen and oxygen atoms in total. The molecule has 9 aromatic carbocycles. The summed E-state index contributed by atoms with van der Waals surface area (Å²) in [5, 5.41) is 4.70. The van der Waals surface area contributed by atoms with Crippen LogP contribution in [0.3, 0.4) is 0 Å². The Morgan fingerprint density at radius 3 is 1.66 bits per heavy atom. The van der Waals surface area contributed by atoms with Gasteiger partial charge < -0.3 is 9.32 Å². The van der Waals surface area contributed by atoms with Gasteiger partial charge in [0.15, 0.2) is 0 Å². The number of hydrogen-bond donors (Lipinski definition) is 0. The number of hydrogen-bond acceptors (Lipinski definition) is 2. The topological polar surface area (TPSA) is 16.4 Å². The fourth-order valence-corrected chi connectivity index (χ4v) is 10.3. The lowest BCUT2D eigenvalue weighted by atomic mass is 9.79. The van der Waals surface area contributed by atoms with E-state index in [2.05, 4.69) is 236 Å². The average molecular weight is 834 g/mol. The summed E-state index contributed by atoms with van der Waals surface area (Å²) < 4.78 is 6.44. The maximum absolute atomic E-state index is 6.44. The molecule has 0 saturated carbocycles. The molecule has 2 aliphatic carbocycles. The monoisotopic (exact) mass is 833 g/mol. The van der Waals surface area contributed by atoms with Crippen LogP contribution in [0, 0.1) is 5.92 Å². The average Bonchev–Trinajstić information content (AvgIpc) is 3.74. The highest BCUT2D eigenvalue weighted by Crippen LogP contribution is 2.45. The van der Waals surface area contributed by atoms with Gasteiger partial charge in [-0.05, 0) is 152 Å². The lowest BCUT2D eigenvalue weighted by Gasteiger charge is -2.28. The number of fused-ring (bicyclic) bond motifs is 4. The summed E-state index contributed by atoms with van der Waals surface area (Å²) in [4.78, 5) is 2.40. The third-order valence-corrected chi connectivity index (χ3v) is 13.5. The van der Waals surface area contributed by atoms with Crippen molar-refractivity contribution in [2.75, 3.05) is 4.90 Å². The molecule has 2 aliphatic rings. The highest BCUT2D eigenvalue weighted by molar-refractivity contribution is 6.09. The molecule has 1 aromatic heterocycles. The van der Waals surface area contributed by atoms with Crippen molar-refractivity contribution in [1.29, 1.82) is 0 Å². The fraction of sp³-hybridized carbons (Fsp3) is 0.0794. The van der Waals surface area contributed by atoms with E-state index in [1.54, 1.807) is 5.57 Å². The Balaban J connectivity index is 0.925. The zero-order valence-electron chi connectivity index (χ0n) is 36.4. The summed E-state index contributed by atoms with van der Waals surface area (Å²) in [6, 6.07) is 75.0. The molecule has 12 rings (SSSR count). The number of allylic oxidation sites excluding steroid dienone is 6. The molecule has 310 valence electrons. The Morgan fingerprint density at radius 2 is 0.985 bits per heavy atom. The van der Waals surface area contributed by atoms with Crippen LogP contribution in [-0.2, 0) is 0 Å². The Hall–Kier alpha value is -7.94. The molecule has 0 amide bonds. The number of nitrogens with zero attached hydrogens (tertiary/aromatic N) is 1. The first kappa shape index (κ1) is 38.7. The molecular weight excluding hydrogens is 787 g/mol. The van der Waals surface area contributed by atoms with E-state index >= 15 is 0 Å². The largest absolute Gasteiger partial charge is 0.456 e. The zero-order chi connectivity index (χ0) is 43.3. The van der Waals surface area contributed by atoms with Gasteiger partial charge in [0.1, 0.15) is 11.2 Å². The smallest absolute Gasteiger partial charge is 0.135 e. The molecule has 0 bridgehead atoms. The van der Waals surface area contributed by atoms with Gasteiger partial charge in [0.25, 0.3) is 0 Å². The molecular formula is C63H47NO. The Bertz CT molecular complexity index is 3410. The van der Waals surface area contributed by atoms with E-state index < -0.39 is 0 Å². The Labute approximate surface area is 380 Å². The maximum Gasteiger partial charge on any atom is 0.135 e. The second-order valence-electron chi connectivity index (χ2n) is 17.7. The summed E-state index contributed by atoms with van der Waals surface area (Å²) >= 11 is 0. The van der Waals surface area contributed by atoms with Gasteiger partial charge in [-0.25, -0.2) is 0 Å². The minimum Gasteiger partial charge on any atom is -0.456 e. The SMILES string of the molecule is CC1C=CC2=C(CCC=C2c2ccc3oc4ccc(-c5cccc(-c6ccc(N(c7ccc(-c8ccccc8)cc7)c7ccc(-c8ccccc8)cc7)c7ccccc67)c5)cc4c3c2)C1. The minimum atomic E-state index is 0.609. The van der Waals surface area contributed by atoms with Crippen LogP contribution in [-0.4, -0.2) is 0 Å². The number of anilines is 3. The quantitative estimate of drug-likeness (QED) is 0.152. The van der Waals surface area contributed by atoms with E-state index in [-0.39, 0.29) is 0 Å². The van der Waals surface area contributed by atoms with Crippen LogP contribution in [0.1, 0.15) is 31.7 Å². The molecule has 1 atom stereocenters. The number of benzene rings is 9. The molecule has 0 spiro atoms. The normalized spacial score (nSPS) is 14.8. The molecule has 0 aliphatic heterocycles. The summed E-state index contributed by atoms with van der Waals surface area (Å²) in [5.74, 6) is 0.609. The van der Waals surface area contributed by atoms with Crippen LogP contribution in [0.5, 0.6) is 0 Å². The predicted molar refractivity (Wildman–Crippen MR) is 275 cm³/mol. The van der Waals surface area contributed by atoms with Gasteiger partial charge in [-0.15, -0.1) is 0 Å². The van der Waals surface area contributed by atoms with Gasteiger partial charge >= 0.3 is 0 Å². The van der Waals surface area contributed by atoms with Gasteiger partial charge in [0.05, 0.1) is 5.69 Å². The van der Waals surface area contributed by atoms with Crippen molar-refractivity contribution in [1.82, 2.24) is 0 Å². The molecule has 0 saturated heterocycles. The summed E-state index contributed by atoms with van der Waals surface area (Å²) in [6.07, 6.45) is 10.6. The van der Waals surface area contributed by atoms with Crippen LogP contribution in [0.2, 0.25) is 0 Å². The van der Waals surface area contributed by atoms with E-state index in [0.717, 1.165) is 51.8 Å². The van der Waals surface area contributed by atoms with Crippen molar-refractivity contribution < 1.29 is 4.42 Å². The van der Waals surface area contributed by atoms with Gasteiger partial charge in [-0.1, -0.05) is 176 Å². The molecule has 10 aromatic rings. The fourth-order valence-electron chi connectivity index (χ4n) is 10.3. The first-order valence-corrected chi connectivity index (χ1v) is 22.9. The summed E-state index contributed by atoms with van der Waals surface area (Å²) in [7, 11) is 0. The van der Waals surface area contributed by atoms with E-state index in [4.69, 9.17) is 4.42 Å². The lowest BCUT2D eigenvalue weighted by Crippen LogP contribution is -2.10. The van der Waals surface area contributed by atoms with Crippen LogP contribution in [0.25, 0.3) is 82.8 Å². The van der Waals surface area contributed by atoms with Gasteiger partial charge in [-0.2, -0.15) is 0 Å². The van der Waals surface area contributed by atoms with Crippen molar-refractivity contribution in [2.24, 2.45) is 5.92 Å². The zero-order valence-corrected chi connectivity index (χ0v) is 36.4. The molecule has 0 N–H and O–H groups in total. The Kier molecular flexibility index (Phi) is 9.72. The second kappa shape index (κ2) is 16.3. The summed E-state index contributed by atoms with van der Waals surface area (Å²) in [6.45, 7) is 2.32. The second-order valence-corrected chi connectivity index (χ2v) is 17.7. The third kappa shape index (κ3) is 7.18. The van der Waals surface area contributed by atoms with Crippen LogP contribution >= 0.6 is 0 Å². The van der Waals surface area contributed by atoms with E-state index in [1.165, 1.54) is 78.4 Å². The van der Waals surface area contributed by atoms with E-state index in [0.29, 0.717) is 5.92 Å². The molecule has 0 fully saturated rings. The molecule has 1 heterocycles. The first-order chi connectivity index (χ1) is 32.1. The molecule has 1 unspecified atom stereocenters. The van der Waals surface area contributed by atoms with Crippen LogP contribution in [0.15, 0.2) is 240 Å². The van der Waals surface area contributed by atoms with Gasteiger partial charge in [-0.3, -0.25) is 0 Å². The predicted octanol–water partition coefficient (Wildman–Crippen LogP) is 17.9. The number of rotatable bonds is 8. The first-order valence-electron chi connectivity index (χ1n) is 22.9. The summed E-state index contributed by atoms with van der Waals surface area (Å²) in [5.41, 5.74) is 20.3. The van der Waals surface area contributed by atoms with Gasteiger partial charge in [0.2, 0.25) is 0 Å². The van der Waals surface area contributed by atoms with Crippen molar-refractivity contribution in [3.05, 3.63) is 241 Å². The highest BCUT2D eigenvalue weighted by atomic mass is 16.3. The molecule has 2 heteroatoms. The van der Waals surface area contributed by atoms with E-state index in [1.807, 2.05) is 0 Å². The van der Waals surface area contributed by atoms with Crippen LogP contribution in [0.4, 0.5) is 17.1 Å². The standard InChI is InChI=1S/C63H47NO/c1-42-22-33-55-49(38-42)18-11-21-54(55)51-28-37-63-60(41-51)59-40-48(27-36-62(59)65-63)47-16-10-17-50(39-47)56-34-35-61(58-20-9-8-19-57(56)58)64(52-29-23-45(24-30-52)43-12-4-2-5-13-43)53-31-25-46(26-32-53)44-14-6-3-7-15-44/h2-10,12-17,19-37,39-42H,11,18,38H2,1H3. The maximum atomic E-state index is 6.44. The highest BCUT2D eigenvalue weighted by Gasteiger charge is 2.22. The molecule has 65 heavy (non-hydrogen) atoms. The minimum absolute atomic E-state index is 0.609. The van der Waals surface area contributed by atoms with E-state index in [9.17, 15) is 0 Å². The third-order valence-electron chi connectivity index (χ3n) is 13.5. The number of furan rings is 1. The Morgan fingerprint density at radius 1 is 0.446 bits per heavy atom. The van der Waals surface area contributed by atoms with Crippen LogP contribution < -0.4 is 4.90 Å². The lowest BCUT2D eigenvalue weighted by molar-refractivity contribution is 0.669. The van der Waals surface area contributed by atoms with Crippen molar-refractivity contribution in [3.8, 4) is 44.5 Å². The molecule has 0 radical (unpaired) electrons. The van der Waals surface area contributed by atoms with Crippen molar-refractivity contribution in [3.63, 3.8) is 0 Å². The van der Waals surface area contributed by atoms with Crippen molar-refractivity contribution >= 4 is 55.3 Å².